The number of carboxylic acids is 1. The number of hydrogen-bond acceptors (Lipinski definition) is 3. The number of unbranched alkanes of at least 4 members (excludes halogenated alkanes) is 1. The highest BCUT2D eigenvalue weighted by atomic mass is 16.5. The molecule has 1 aromatic carbocycles. The predicted octanol–water partition coefficient (Wildman–Crippen LogP) is 10.5. The fourth-order valence-electron chi connectivity index (χ4n) is 1.82. The van der Waals surface area contributed by atoms with Gasteiger partial charge in [-0.3, -0.25) is 9.59 Å². The molecule has 4 nitrogen and oxygen atoms in total. The molecule has 210 valence electrons. The van der Waals surface area contributed by atoms with Gasteiger partial charge in [-0.15, -0.1) is 0 Å². The van der Waals surface area contributed by atoms with Crippen LogP contribution in [0.4, 0.5) is 0 Å². The van der Waals surface area contributed by atoms with Gasteiger partial charge in [0.2, 0.25) is 0 Å². The number of ether oxygens (including phenoxy) is 1. The van der Waals surface area contributed by atoms with Crippen LogP contribution in [0.3, 0.4) is 0 Å². The molecule has 34 heavy (non-hydrogen) atoms. The van der Waals surface area contributed by atoms with Gasteiger partial charge in [-0.2, -0.15) is 0 Å². The van der Waals surface area contributed by atoms with E-state index >= 15 is 0 Å². The Morgan fingerprint density at radius 2 is 1.21 bits per heavy atom. The molecule has 1 rings (SSSR count). The van der Waals surface area contributed by atoms with E-state index in [0.29, 0.717) is 12.5 Å². The number of benzene rings is 1. The molecule has 0 amide bonds. The van der Waals surface area contributed by atoms with Crippen molar-refractivity contribution in [3.8, 4) is 0 Å². The fraction of sp³-hybridized carbons (Fsp3) is 0.733. The van der Waals surface area contributed by atoms with Crippen molar-refractivity contribution in [2.75, 3.05) is 6.61 Å². The lowest BCUT2D eigenvalue weighted by molar-refractivity contribution is -0.148. The van der Waals surface area contributed by atoms with Crippen molar-refractivity contribution in [1.29, 1.82) is 0 Å². The summed E-state index contributed by atoms with van der Waals surface area (Å²) < 4.78 is 5.00. The topological polar surface area (TPSA) is 63.6 Å². The number of carbonyl (C=O) groups is 2. The quantitative estimate of drug-likeness (QED) is 0.276. The van der Waals surface area contributed by atoms with Gasteiger partial charge < -0.3 is 9.84 Å². The standard InChI is InChI=1S/C10H14.C9H18O2.C5H10O2.6CH4/c1-3-9(2)10-7-5-4-6-8-10;1-4-6-7-11-9(10)8(3)5-2;1-3-4(2)5(6)7;;;;;;/h4-9H,3H2,1-2H3;8H,4-7H2,1-3H3;4H,3H2,1-2H3,(H,6,7);6*1H4. The molecule has 0 heterocycles. The summed E-state index contributed by atoms with van der Waals surface area (Å²) in [6.45, 7) is 14.6. The molecule has 0 radical (unpaired) electrons. The minimum atomic E-state index is -0.706. The Balaban J connectivity index is -0.0000000465. The third-order valence-electron chi connectivity index (χ3n) is 4.77. The monoisotopic (exact) mass is 490 g/mol. The van der Waals surface area contributed by atoms with E-state index in [-0.39, 0.29) is 62.4 Å². The van der Waals surface area contributed by atoms with Crippen LogP contribution in [0.15, 0.2) is 30.3 Å². The third-order valence-corrected chi connectivity index (χ3v) is 4.77. The molecule has 3 atom stereocenters. The first kappa shape index (κ1) is 53.5. The van der Waals surface area contributed by atoms with E-state index in [1.165, 1.54) is 12.0 Å². The van der Waals surface area contributed by atoms with Crippen molar-refractivity contribution < 1.29 is 19.4 Å². The van der Waals surface area contributed by atoms with Crippen LogP contribution in [0.1, 0.15) is 137 Å². The van der Waals surface area contributed by atoms with Crippen LogP contribution in [0.5, 0.6) is 0 Å². The van der Waals surface area contributed by atoms with Crippen LogP contribution < -0.4 is 0 Å². The molecule has 4 heteroatoms. The van der Waals surface area contributed by atoms with Crippen molar-refractivity contribution in [3.63, 3.8) is 0 Å². The lowest BCUT2D eigenvalue weighted by atomic mass is 9.99. The highest BCUT2D eigenvalue weighted by molar-refractivity contribution is 5.71. The van der Waals surface area contributed by atoms with Crippen LogP contribution in [0, 0.1) is 11.8 Å². The van der Waals surface area contributed by atoms with E-state index in [1.807, 2.05) is 20.8 Å². The Bertz CT molecular complexity index is 500. The van der Waals surface area contributed by atoms with Crippen molar-refractivity contribution in [2.24, 2.45) is 11.8 Å². The second-order valence-corrected chi connectivity index (χ2v) is 7.20. The highest BCUT2D eigenvalue weighted by Crippen LogP contribution is 2.16. The molecule has 0 spiro atoms. The molecule has 0 aromatic heterocycles. The molecule has 0 aliphatic heterocycles. The minimum absolute atomic E-state index is 0. The van der Waals surface area contributed by atoms with Gasteiger partial charge in [0, 0.05) is 0 Å². The summed E-state index contributed by atoms with van der Waals surface area (Å²) in [5.74, 6) is -0.170. The summed E-state index contributed by atoms with van der Waals surface area (Å²) in [6, 6.07) is 10.6. The van der Waals surface area contributed by atoms with E-state index in [0.717, 1.165) is 25.7 Å². The summed E-state index contributed by atoms with van der Waals surface area (Å²) in [6.07, 6.45) is 4.86. The maximum atomic E-state index is 11.0. The van der Waals surface area contributed by atoms with Crippen LogP contribution in [-0.2, 0) is 14.3 Å². The first-order valence-electron chi connectivity index (χ1n) is 10.7. The van der Waals surface area contributed by atoms with E-state index in [1.54, 1.807) is 6.92 Å². The summed E-state index contributed by atoms with van der Waals surface area (Å²) in [5, 5.41) is 8.18. The Morgan fingerprint density at radius 3 is 1.50 bits per heavy atom. The van der Waals surface area contributed by atoms with Crippen molar-refractivity contribution >= 4 is 11.9 Å². The summed E-state index contributed by atoms with van der Waals surface area (Å²) in [4.78, 5) is 21.0. The maximum Gasteiger partial charge on any atom is 0.308 e. The van der Waals surface area contributed by atoms with E-state index in [4.69, 9.17) is 9.84 Å². The molecule has 0 aliphatic rings. The molecular weight excluding hydrogens is 424 g/mol. The number of carbonyl (C=O) groups excluding carboxylic acids is 1. The molecule has 0 saturated heterocycles. The van der Waals surface area contributed by atoms with E-state index in [2.05, 4.69) is 51.1 Å². The van der Waals surface area contributed by atoms with Crippen LogP contribution in [0.25, 0.3) is 0 Å². The zero-order valence-corrected chi connectivity index (χ0v) is 19.0. The van der Waals surface area contributed by atoms with Crippen molar-refractivity contribution in [3.05, 3.63) is 35.9 Å². The highest BCUT2D eigenvalue weighted by Gasteiger charge is 2.10. The van der Waals surface area contributed by atoms with Gasteiger partial charge in [0.1, 0.15) is 0 Å². The molecule has 1 aromatic rings. The lowest BCUT2D eigenvalue weighted by Gasteiger charge is -2.07. The van der Waals surface area contributed by atoms with Gasteiger partial charge in [-0.05, 0) is 37.2 Å². The average molecular weight is 491 g/mol. The lowest BCUT2D eigenvalue weighted by Crippen LogP contribution is -2.14. The fourth-order valence-corrected chi connectivity index (χ4v) is 1.82. The number of aliphatic carboxylic acids is 1. The normalized spacial score (nSPS) is 10.7. The van der Waals surface area contributed by atoms with Gasteiger partial charge in [-0.25, -0.2) is 0 Å². The largest absolute Gasteiger partial charge is 0.481 e. The second-order valence-electron chi connectivity index (χ2n) is 7.20. The minimum Gasteiger partial charge on any atom is -0.481 e. The number of hydrogen-bond donors (Lipinski definition) is 1. The van der Waals surface area contributed by atoms with E-state index in [9.17, 15) is 9.59 Å². The first-order valence-corrected chi connectivity index (χ1v) is 10.7. The van der Waals surface area contributed by atoms with Gasteiger partial charge >= 0.3 is 11.9 Å². The zero-order chi connectivity index (χ0) is 21.9. The average Bonchev–Trinajstić information content (AvgIpc) is 2.73. The molecule has 0 fully saturated rings. The van der Waals surface area contributed by atoms with Gasteiger partial charge in [0.05, 0.1) is 18.4 Å². The Labute approximate surface area is 216 Å². The van der Waals surface area contributed by atoms with Crippen LogP contribution in [0.2, 0.25) is 0 Å². The summed E-state index contributed by atoms with van der Waals surface area (Å²) in [7, 11) is 0. The molecule has 0 aliphatic carbocycles. The summed E-state index contributed by atoms with van der Waals surface area (Å²) >= 11 is 0. The van der Waals surface area contributed by atoms with Crippen LogP contribution in [-0.4, -0.2) is 23.7 Å². The van der Waals surface area contributed by atoms with Gasteiger partial charge in [0.15, 0.2) is 0 Å². The van der Waals surface area contributed by atoms with E-state index < -0.39 is 5.97 Å². The first-order chi connectivity index (χ1) is 13.2. The predicted molar refractivity (Wildman–Crippen MR) is 158 cm³/mol. The zero-order valence-electron chi connectivity index (χ0n) is 19.0. The second kappa shape index (κ2) is 35.7. The Hall–Kier alpha value is -1.84. The van der Waals surface area contributed by atoms with Crippen molar-refractivity contribution in [1.82, 2.24) is 0 Å². The SMILES string of the molecule is C.C.C.C.C.C.CCC(C)C(=O)O.CCC(C)c1ccccc1.CCCCOC(=O)C(C)CC. The molecular formula is C30H66O4. The molecule has 0 saturated carbocycles. The molecule has 0 bridgehead atoms. The van der Waals surface area contributed by atoms with Gasteiger partial charge in [-0.1, -0.05) is 130 Å². The number of carboxylic acid groups (broad SMARTS) is 1. The Kier molecular flexibility index (Phi) is 56.2. The smallest absolute Gasteiger partial charge is 0.308 e. The Morgan fingerprint density at radius 1 is 0.765 bits per heavy atom. The third kappa shape index (κ3) is 30.2. The van der Waals surface area contributed by atoms with Gasteiger partial charge in [0.25, 0.3) is 0 Å². The maximum absolute atomic E-state index is 11.0. The molecule has 3 unspecified atom stereocenters. The van der Waals surface area contributed by atoms with Crippen molar-refractivity contribution in [2.45, 2.75) is 131 Å². The number of rotatable bonds is 9. The number of esters is 1. The van der Waals surface area contributed by atoms with Crippen LogP contribution >= 0.6 is 0 Å². The molecule has 1 N–H and O–H groups in total. The summed E-state index contributed by atoms with van der Waals surface area (Å²) in [5.41, 5.74) is 1.45.